The van der Waals surface area contributed by atoms with Crippen LogP contribution < -0.4 is 5.32 Å². The third-order valence-electron chi connectivity index (χ3n) is 4.25. The molecule has 1 unspecified atom stereocenters. The lowest BCUT2D eigenvalue weighted by atomic mass is 10.2. The number of nitrogens with one attached hydrogen (secondary N) is 1. The Labute approximate surface area is 144 Å². The predicted octanol–water partition coefficient (Wildman–Crippen LogP) is 2.33. The molecule has 2 aliphatic heterocycles. The second kappa shape index (κ2) is 7.36. The fourth-order valence-corrected chi connectivity index (χ4v) is 3.00. The number of carbonyl (C=O) groups excluding carboxylic acids is 2. The number of amides is 3. The van der Waals surface area contributed by atoms with Crippen molar-refractivity contribution in [2.75, 3.05) is 38.1 Å². The molecular formula is C16H19ClFN3O3. The van der Waals surface area contributed by atoms with Crippen LogP contribution in [0, 0.1) is 5.82 Å². The van der Waals surface area contributed by atoms with E-state index in [9.17, 15) is 14.0 Å². The van der Waals surface area contributed by atoms with Gasteiger partial charge in [0.25, 0.3) is 5.91 Å². The van der Waals surface area contributed by atoms with E-state index in [1.165, 1.54) is 12.1 Å². The van der Waals surface area contributed by atoms with Gasteiger partial charge in [0.2, 0.25) is 0 Å². The molecule has 3 rings (SSSR count). The van der Waals surface area contributed by atoms with Crippen LogP contribution in [-0.2, 0) is 9.53 Å². The number of carbonyl (C=O) groups is 2. The molecule has 1 aromatic carbocycles. The van der Waals surface area contributed by atoms with Gasteiger partial charge in [-0.1, -0.05) is 11.6 Å². The highest BCUT2D eigenvalue weighted by Gasteiger charge is 2.31. The SMILES string of the molecule is O=C(Nc1ccc(Cl)c(F)c1)N1CCN(C(=O)C2CCCO2)CC1. The van der Waals surface area contributed by atoms with Crippen molar-refractivity contribution in [1.82, 2.24) is 9.80 Å². The van der Waals surface area contributed by atoms with E-state index in [4.69, 9.17) is 16.3 Å². The van der Waals surface area contributed by atoms with Crippen molar-refractivity contribution in [3.05, 3.63) is 29.0 Å². The van der Waals surface area contributed by atoms with Gasteiger partial charge < -0.3 is 19.9 Å². The van der Waals surface area contributed by atoms with Crippen molar-refractivity contribution in [3.8, 4) is 0 Å². The molecule has 130 valence electrons. The highest BCUT2D eigenvalue weighted by atomic mass is 35.5. The standard InChI is InChI=1S/C16H19ClFN3O3/c17-12-4-3-11(10-13(12)18)19-16(23)21-7-5-20(6-8-21)15(22)14-2-1-9-24-14/h3-4,10,14H,1-2,5-9H2,(H,19,23). The maximum absolute atomic E-state index is 13.4. The van der Waals surface area contributed by atoms with Crippen molar-refractivity contribution in [2.24, 2.45) is 0 Å². The number of nitrogens with zero attached hydrogens (tertiary/aromatic N) is 2. The Morgan fingerprint density at radius 1 is 1.21 bits per heavy atom. The summed E-state index contributed by atoms with van der Waals surface area (Å²) < 4.78 is 18.8. The molecule has 2 heterocycles. The zero-order chi connectivity index (χ0) is 17.1. The molecule has 0 aromatic heterocycles. The number of hydrogen-bond acceptors (Lipinski definition) is 3. The fourth-order valence-electron chi connectivity index (χ4n) is 2.88. The summed E-state index contributed by atoms with van der Waals surface area (Å²) in [4.78, 5) is 27.8. The van der Waals surface area contributed by atoms with Crippen molar-refractivity contribution >= 4 is 29.2 Å². The Morgan fingerprint density at radius 3 is 2.54 bits per heavy atom. The number of hydrogen-bond donors (Lipinski definition) is 1. The van der Waals surface area contributed by atoms with Gasteiger partial charge in [0.1, 0.15) is 11.9 Å². The number of anilines is 1. The smallest absolute Gasteiger partial charge is 0.321 e. The van der Waals surface area contributed by atoms with Crippen LogP contribution in [0.1, 0.15) is 12.8 Å². The molecular weight excluding hydrogens is 337 g/mol. The van der Waals surface area contributed by atoms with Gasteiger partial charge in [-0.15, -0.1) is 0 Å². The van der Waals surface area contributed by atoms with E-state index in [1.807, 2.05) is 0 Å². The predicted molar refractivity (Wildman–Crippen MR) is 87.6 cm³/mol. The molecule has 0 bridgehead atoms. The molecule has 2 fully saturated rings. The third-order valence-corrected chi connectivity index (χ3v) is 4.56. The Morgan fingerprint density at radius 2 is 1.92 bits per heavy atom. The minimum atomic E-state index is -0.582. The molecule has 8 heteroatoms. The minimum absolute atomic E-state index is 0.00679. The zero-order valence-corrected chi connectivity index (χ0v) is 13.9. The Bertz CT molecular complexity index is 629. The lowest BCUT2D eigenvalue weighted by molar-refractivity contribution is -0.142. The summed E-state index contributed by atoms with van der Waals surface area (Å²) >= 11 is 5.62. The summed E-state index contributed by atoms with van der Waals surface area (Å²) in [6.07, 6.45) is 1.35. The van der Waals surface area contributed by atoms with Gasteiger partial charge in [-0.3, -0.25) is 4.79 Å². The summed E-state index contributed by atoms with van der Waals surface area (Å²) in [6, 6.07) is 3.80. The third kappa shape index (κ3) is 3.79. The number of benzene rings is 1. The van der Waals surface area contributed by atoms with Crippen LogP contribution in [-0.4, -0.2) is 60.6 Å². The second-order valence-corrected chi connectivity index (χ2v) is 6.28. The molecule has 3 amide bonds. The Hall–Kier alpha value is -1.86. The van der Waals surface area contributed by atoms with Crippen molar-refractivity contribution < 1.29 is 18.7 Å². The summed E-state index contributed by atoms with van der Waals surface area (Å²) in [5.41, 5.74) is 0.347. The molecule has 0 saturated carbocycles. The van der Waals surface area contributed by atoms with Gasteiger partial charge in [-0.25, -0.2) is 9.18 Å². The topological polar surface area (TPSA) is 61.9 Å². The first kappa shape index (κ1) is 17.0. The van der Waals surface area contributed by atoms with Gasteiger partial charge in [-0.2, -0.15) is 0 Å². The summed E-state index contributed by atoms with van der Waals surface area (Å²) in [6.45, 7) is 2.44. The Kier molecular flexibility index (Phi) is 5.20. The normalized spacial score (nSPS) is 21.0. The first-order valence-electron chi connectivity index (χ1n) is 7.96. The first-order chi connectivity index (χ1) is 11.5. The molecule has 2 aliphatic rings. The van der Waals surface area contributed by atoms with E-state index in [0.29, 0.717) is 38.5 Å². The molecule has 2 saturated heterocycles. The quantitative estimate of drug-likeness (QED) is 0.885. The van der Waals surface area contributed by atoms with Crippen LogP contribution in [0.3, 0.4) is 0 Å². The highest BCUT2D eigenvalue weighted by Crippen LogP contribution is 2.20. The molecule has 0 aliphatic carbocycles. The minimum Gasteiger partial charge on any atom is -0.368 e. The monoisotopic (exact) mass is 355 g/mol. The van der Waals surface area contributed by atoms with Gasteiger partial charge in [0, 0.05) is 38.5 Å². The first-order valence-corrected chi connectivity index (χ1v) is 8.34. The highest BCUT2D eigenvalue weighted by molar-refractivity contribution is 6.30. The van der Waals surface area contributed by atoms with E-state index < -0.39 is 5.82 Å². The maximum Gasteiger partial charge on any atom is 0.321 e. The van der Waals surface area contributed by atoms with Crippen molar-refractivity contribution in [2.45, 2.75) is 18.9 Å². The summed E-state index contributed by atoms with van der Waals surface area (Å²) in [5.74, 6) is -0.575. The number of ether oxygens (including phenoxy) is 1. The summed E-state index contributed by atoms with van der Waals surface area (Å²) in [7, 11) is 0. The molecule has 1 atom stereocenters. The van der Waals surface area contributed by atoms with Crippen LogP contribution >= 0.6 is 11.6 Å². The van der Waals surface area contributed by atoms with E-state index in [1.54, 1.807) is 15.9 Å². The van der Waals surface area contributed by atoms with Crippen LogP contribution in [0.4, 0.5) is 14.9 Å². The van der Waals surface area contributed by atoms with Crippen LogP contribution in [0.15, 0.2) is 18.2 Å². The van der Waals surface area contributed by atoms with Crippen molar-refractivity contribution in [3.63, 3.8) is 0 Å². The molecule has 6 nitrogen and oxygen atoms in total. The number of piperazine rings is 1. The van der Waals surface area contributed by atoms with Crippen LogP contribution in [0.2, 0.25) is 5.02 Å². The van der Waals surface area contributed by atoms with E-state index >= 15 is 0 Å². The van der Waals surface area contributed by atoms with Gasteiger partial charge in [0.15, 0.2) is 0 Å². The lowest BCUT2D eigenvalue weighted by Crippen LogP contribution is -2.53. The van der Waals surface area contributed by atoms with Gasteiger partial charge in [-0.05, 0) is 31.0 Å². The second-order valence-electron chi connectivity index (χ2n) is 5.87. The molecule has 1 aromatic rings. The van der Waals surface area contributed by atoms with E-state index in [-0.39, 0.29) is 23.1 Å². The van der Waals surface area contributed by atoms with Crippen LogP contribution in [0.5, 0.6) is 0 Å². The molecule has 1 N–H and O–H groups in total. The summed E-state index contributed by atoms with van der Waals surface area (Å²) in [5, 5.41) is 2.65. The zero-order valence-electron chi connectivity index (χ0n) is 13.1. The van der Waals surface area contributed by atoms with Crippen LogP contribution in [0.25, 0.3) is 0 Å². The molecule has 24 heavy (non-hydrogen) atoms. The Balaban J connectivity index is 1.51. The van der Waals surface area contributed by atoms with E-state index in [2.05, 4.69) is 5.32 Å². The average Bonchev–Trinajstić information content (AvgIpc) is 3.12. The van der Waals surface area contributed by atoms with Gasteiger partial charge in [0.05, 0.1) is 5.02 Å². The number of halogens is 2. The molecule has 0 spiro atoms. The fraction of sp³-hybridized carbons (Fsp3) is 0.500. The average molecular weight is 356 g/mol. The van der Waals surface area contributed by atoms with E-state index in [0.717, 1.165) is 12.8 Å². The number of rotatable bonds is 2. The van der Waals surface area contributed by atoms with Gasteiger partial charge >= 0.3 is 6.03 Å². The maximum atomic E-state index is 13.4. The number of urea groups is 1. The largest absolute Gasteiger partial charge is 0.368 e. The lowest BCUT2D eigenvalue weighted by Gasteiger charge is -2.35. The molecule has 0 radical (unpaired) electrons. The van der Waals surface area contributed by atoms with Crippen molar-refractivity contribution in [1.29, 1.82) is 0 Å².